The van der Waals surface area contributed by atoms with Gasteiger partial charge in [-0.2, -0.15) is 0 Å². The Balaban J connectivity index is 1.42. The van der Waals surface area contributed by atoms with Crippen molar-refractivity contribution in [1.82, 2.24) is 10.2 Å². The zero-order valence-electron chi connectivity index (χ0n) is 12.8. The lowest BCUT2D eigenvalue weighted by Crippen LogP contribution is -2.65. The van der Waals surface area contributed by atoms with E-state index >= 15 is 0 Å². The molecule has 3 saturated heterocycles. The minimum absolute atomic E-state index is 0.0950. The molecule has 1 N–H and O–H groups in total. The molecule has 3 aliphatic heterocycles. The number of nitrogens with zero attached hydrogens (tertiary/aromatic N) is 1. The number of benzene rings is 1. The second-order valence-corrected chi connectivity index (χ2v) is 7.61. The van der Waals surface area contributed by atoms with Crippen molar-refractivity contribution in [3.8, 4) is 0 Å². The fraction of sp³-hybridized carbons (Fsp3) is 0.500. The third-order valence-electron chi connectivity index (χ3n) is 5.97. The van der Waals surface area contributed by atoms with Crippen LogP contribution >= 0.6 is 11.6 Å². The number of piperidine rings is 3. The molecule has 5 heteroatoms. The highest BCUT2D eigenvalue weighted by Crippen LogP contribution is 2.53. The Morgan fingerprint density at radius 1 is 1.26 bits per heavy atom. The van der Waals surface area contributed by atoms with Gasteiger partial charge in [0.05, 0.1) is 6.04 Å². The molecule has 1 aromatic heterocycles. The Morgan fingerprint density at radius 3 is 2.78 bits per heavy atom. The van der Waals surface area contributed by atoms with E-state index in [2.05, 4.69) is 10.2 Å². The number of carbonyl (C=O) groups is 1. The normalized spacial score (nSPS) is 30.7. The highest BCUT2D eigenvalue weighted by atomic mass is 35.5. The van der Waals surface area contributed by atoms with Crippen molar-refractivity contribution >= 4 is 28.5 Å². The lowest BCUT2D eigenvalue weighted by molar-refractivity contribution is -0.00182. The topological polar surface area (TPSA) is 45.5 Å². The number of hydrogen-bond donors (Lipinski definition) is 1. The summed E-state index contributed by atoms with van der Waals surface area (Å²) in [6.45, 7) is 2.39. The number of rotatable bonds is 2. The van der Waals surface area contributed by atoms with Gasteiger partial charge in [0.1, 0.15) is 5.58 Å². The predicted octanol–water partition coefficient (Wildman–Crippen LogP) is 3.44. The summed E-state index contributed by atoms with van der Waals surface area (Å²) < 4.78 is 5.71. The van der Waals surface area contributed by atoms with Gasteiger partial charge in [0.2, 0.25) is 0 Å². The molecule has 1 aromatic carbocycles. The first-order chi connectivity index (χ1) is 11.2. The molecule has 4 nitrogen and oxygen atoms in total. The monoisotopic (exact) mass is 330 g/mol. The molecule has 4 aliphatic rings. The van der Waals surface area contributed by atoms with Gasteiger partial charge in [-0.1, -0.05) is 11.6 Å². The lowest BCUT2D eigenvalue weighted by atomic mass is 9.77. The Labute approximate surface area is 139 Å². The average molecular weight is 331 g/mol. The maximum Gasteiger partial charge on any atom is 0.287 e. The van der Waals surface area contributed by atoms with Gasteiger partial charge in [-0.25, -0.2) is 0 Å². The van der Waals surface area contributed by atoms with E-state index in [9.17, 15) is 4.79 Å². The predicted molar refractivity (Wildman–Crippen MR) is 88.7 cm³/mol. The quantitative estimate of drug-likeness (QED) is 0.917. The Morgan fingerprint density at radius 2 is 2.04 bits per heavy atom. The van der Waals surface area contributed by atoms with Crippen molar-refractivity contribution in [1.29, 1.82) is 0 Å². The van der Waals surface area contributed by atoms with Crippen LogP contribution in [0.1, 0.15) is 36.2 Å². The number of furan rings is 1. The van der Waals surface area contributed by atoms with Crippen LogP contribution in [-0.4, -0.2) is 35.5 Å². The van der Waals surface area contributed by atoms with Gasteiger partial charge in [0.15, 0.2) is 5.76 Å². The van der Waals surface area contributed by atoms with Gasteiger partial charge >= 0.3 is 0 Å². The molecule has 0 unspecified atom stereocenters. The molecule has 4 fully saturated rings. The highest BCUT2D eigenvalue weighted by molar-refractivity contribution is 6.31. The third kappa shape index (κ3) is 2.05. The van der Waals surface area contributed by atoms with Crippen LogP contribution in [0, 0.1) is 5.92 Å². The van der Waals surface area contributed by atoms with Crippen LogP contribution in [0.3, 0.4) is 0 Å². The minimum atomic E-state index is -0.0950. The molecule has 1 amide bonds. The molecule has 1 saturated carbocycles. The summed E-state index contributed by atoms with van der Waals surface area (Å²) >= 11 is 5.99. The first-order valence-electron chi connectivity index (χ1n) is 8.41. The number of fused-ring (bicyclic) bond motifs is 3. The molecule has 1 atom stereocenters. The molecule has 1 spiro atoms. The standard InChI is InChI=1S/C18H19ClN2O2/c19-13-2-1-12-9-15(23-14(12)10-13)17(22)20-16-11-3-7-21(8-4-11)18(16)5-6-18/h1-2,9-11,16H,3-8H2,(H,20,22)/t16-/m1/s1. The molecule has 1 aliphatic carbocycles. The van der Waals surface area contributed by atoms with Crippen molar-refractivity contribution < 1.29 is 9.21 Å². The molecule has 2 aromatic rings. The second kappa shape index (κ2) is 4.74. The van der Waals surface area contributed by atoms with Crippen LogP contribution in [0.2, 0.25) is 5.02 Å². The number of amides is 1. The maximum atomic E-state index is 12.7. The zero-order valence-corrected chi connectivity index (χ0v) is 13.6. The van der Waals surface area contributed by atoms with Crippen LogP contribution in [0.5, 0.6) is 0 Å². The van der Waals surface area contributed by atoms with E-state index in [0.717, 1.165) is 5.39 Å². The lowest BCUT2D eigenvalue weighted by Gasteiger charge is -2.52. The summed E-state index contributed by atoms with van der Waals surface area (Å²) in [4.78, 5) is 15.3. The summed E-state index contributed by atoms with van der Waals surface area (Å²) in [5.41, 5.74) is 0.907. The number of nitrogens with one attached hydrogen (secondary N) is 1. The van der Waals surface area contributed by atoms with E-state index in [1.165, 1.54) is 38.8 Å². The van der Waals surface area contributed by atoms with Crippen molar-refractivity contribution in [2.24, 2.45) is 5.92 Å². The van der Waals surface area contributed by atoms with Gasteiger partial charge in [-0.05, 0) is 62.9 Å². The summed E-state index contributed by atoms with van der Waals surface area (Å²) in [6, 6.07) is 7.53. The molecule has 23 heavy (non-hydrogen) atoms. The van der Waals surface area contributed by atoms with E-state index in [0.29, 0.717) is 22.3 Å². The average Bonchev–Trinajstić information content (AvgIpc) is 3.22. The van der Waals surface area contributed by atoms with Gasteiger partial charge in [-0.3, -0.25) is 9.69 Å². The Kier molecular flexibility index (Phi) is 2.86. The third-order valence-corrected chi connectivity index (χ3v) is 6.21. The number of hydrogen-bond acceptors (Lipinski definition) is 3. The first kappa shape index (κ1) is 13.9. The molecule has 120 valence electrons. The number of halogens is 1. The maximum absolute atomic E-state index is 12.7. The van der Waals surface area contributed by atoms with Crippen molar-refractivity contribution in [2.45, 2.75) is 37.3 Å². The van der Waals surface area contributed by atoms with E-state index < -0.39 is 0 Å². The largest absolute Gasteiger partial charge is 0.451 e. The van der Waals surface area contributed by atoms with Crippen LogP contribution in [0.15, 0.2) is 28.7 Å². The summed E-state index contributed by atoms with van der Waals surface area (Å²) in [7, 11) is 0. The molecule has 6 rings (SSSR count). The first-order valence-corrected chi connectivity index (χ1v) is 8.79. The second-order valence-electron chi connectivity index (χ2n) is 7.17. The van der Waals surface area contributed by atoms with Crippen LogP contribution in [0.25, 0.3) is 11.0 Å². The van der Waals surface area contributed by atoms with Crippen LogP contribution < -0.4 is 5.32 Å². The molecular formula is C18H19ClN2O2. The van der Waals surface area contributed by atoms with Crippen molar-refractivity contribution in [3.05, 3.63) is 35.0 Å². The smallest absolute Gasteiger partial charge is 0.287 e. The fourth-order valence-corrected chi connectivity index (χ4v) is 4.81. The van der Waals surface area contributed by atoms with Crippen LogP contribution in [0.4, 0.5) is 0 Å². The molecule has 4 heterocycles. The Bertz CT molecular complexity index is 787. The Hall–Kier alpha value is -1.52. The molecule has 0 radical (unpaired) electrons. The van der Waals surface area contributed by atoms with Crippen molar-refractivity contribution in [2.75, 3.05) is 13.1 Å². The SMILES string of the molecule is O=C(N[C@@H]1C2CCN(CC2)C12CC2)c1cc2ccc(Cl)cc2o1. The van der Waals surface area contributed by atoms with Crippen LogP contribution in [-0.2, 0) is 0 Å². The molecular weight excluding hydrogens is 312 g/mol. The van der Waals surface area contributed by atoms with Crippen molar-refractivity contribution in [3.63, 3.8) is 0 Å². The van der Waals surface area contributed by atoms with Gasteiger partial charge in [0, 0.05) is 22.0 Å². The van der Waals surface area contributed by atoms with E-state index in [1.807, 2.05) is 18.2 Å². The van der Waals surface area contributed by atoms with E-state index in [4.69, 9.17) is 16.0 Å². The minimum Gasteiger partial charge on any atom is -0.451 e. The summed E-state index contributed by atoms with van der Waals surface area (Å²) in [5, 5.41) is 4.82. The van der Waals surface area contributed by atoms with E-state index in [1.54, 1.807) is 6.07 Å². The van der Waals surface area contributed by atoms with Gasteiger partial charge < -0.3 is 9.73 Å². The summed E-state index contributed by atoms with van der Waals surface area (Å²) in [6.07, 6.45) is 4.82. The fourth-order valence-electron chi connectivity index (χ4n) is 4.65. The van der Waals surface area contributed by atoms with Gasteiger partial charge in [0.25, 0.3) is 5.91 Å². The highest BCUT2D eigenvalue weighted by Gasteiger charge is 2.60. The van der Waals surface area contributed by atoms with Gasteiger partial charge in [-0.15, -0.1) is 0 Å². The number of carbonyl (C=O) groups excluding carboxylic acids is 1. The molecule has 2 bridgehead atoms. The summed E-state index contributed by atoms with van der Waals surface area (Å²) in [5.74, 6) is 0.905. The zero-order chi connectivity index (χ0) is 15.6. The van der Waals surface area contributed by atoms with E-state index in [-0.39, 0.29) is 17.5 Å².